The standard InChI is InChI=1S/C9H16O5/c1-6(10)13-4-7-3-9(12-2)8(11)5-14-7/h7-9,11H,3-5H2,1-2H3/t7?,8?,9-/m1/s1. The van der Waals surface area contributed by atoms with E-state index in [2.05, 4.69) is 0 Å². The molecule has 0 aliphatic carbocycles. The van der Waals surface area contributed by atoms with E-state index in [0.717, 1.165) is 0 Å². The van der Waals surface area contributed by atoms with Crippen LogP contribution in [0.25, 0.3) is 0 Å². The van der Waals surface area contributed by atoms with Crippen molar-refractivity contribution in [3.8, 4) is 0 Å². The first-order chi connectivity index (χ1) is 6.63. The van der Waals surface area contributed by atoms with E-state index in [0.29, 0.717) is 6.42 Å². The van der Waals surface area contributed by atoms with Gasteiger partial charge in [-0.2, -0.15) is 0 Å². The molecule has 0 saturated carbocycles. The largest absolute Gasteiger partial charge is 0.463 e. The third kappa shape index (κ3) is 3.25. The second-order valence-electron chi connectivity index (χ2n) is 3.34. The molecule has 3 atom stereocenters. The fourth-order valence-electron chi connectivity index (χ4n) is 1.41. The Kier molecular flexibility index (Phi) is 4.31. The van der Waals surface area contributed by atoms with Crippen LogP contribution in [-0.2, 0) is 19.0 Å². The van der Waals surface area contributed by atoms with E-state index < -0.39 is 6.10 Å². The molecule has 1 rings (SSSR count). The highest BCUT2D eigenvalue weighted by molar-refractivity contribution is 5.65. The zero-order chi connectivity index (χ0) is 10.6. The van der Waals surface area contributed by atoms with Crippen LogP contribution in [0.4, 0.5) is 0 Å². The second kappa shape index (κ2) is 5.29. The number of ether oxygens (including phenoxy) is 3. The molecule has 0 aromatic heterocycles. The summed E-state index contributed by atoms with van der Waals surface area (Å²) < 4.78 is 15.1. The zero-order valence-electron chi connectivity index (χ0n) is 8.43. The number of rotatable bonds is 3. The van der Waals surface area contributed by atoms with Crippen LogP contribution in [0, 0.1) is 0 Å². The quantitative estimate of drug-likeness (QED) is 0.640. The first-order valence-electron chi connectivity index (χ1n) is 4.59. The third-order valence-electron chi connectivity index (χ3n) is 2.20. The van der Waals surface area contributed by atoms with Crippen molar-refractivity contribution in [1.82, 2.24) is 0 Å². The molecule has 1 aliphatic heterocycles. The Morgan fingerprint density at radius 2 is 2.36 bits per heavy atom. The maximum Gasteiger partial charge on any atom is 0.302 e. The molecule has 1 saturated heterocycles. The van der Waals surface area contributed by atoms with Crippen molar-refractivity contribution >= 4 is 5.97 Å². The van der Waals surface area contributed by atoms with Crippen LogP contribution in [0.1, 0.15) is 13.3 Å². The molecule has 82 valence electrons. The molecule has 2 unspecified atom stereocenters. The lowest BCUT2D eigenvalue weighted by molar-refractivity contribution is -0.161. The van der Waals surface area contributed by atoms with Gasteiger partial charge in [-0.3, -0.25) is 4.79 Å². The number of carbonyl (C=O) groups is 1. The summed E-state index contributed by atoms with van der Waals surface area (Å²) in [6.45, 7) is 1.80. The van der Waals surface area contributed by atoms with Crippen molar-refractivity contribution in [2.75, 3.05) is 20.3 Å². The summed E-state index contributed by atoms with van der Waals surface area (Å²) >= 11 is 0. The Morgan fingerprint density at radius 1 is 1.64 bits per heavy atom. The monoisotopic (exact) mass is 204 g/mol. The lowest BCUT2D eigenvalue weighted by Crippen LogP contribution is -2.44. The van der Waals surface area contributed by atoms with Crippen LogP contribution in [0.2, 0.25) is 0 Å². The van der Waals surface area contributed by atoms with Crippen molar-refractivity contribution in [2.45, 2.75) is 31.7 Å². The number of hydrogen-bond donors (Lipinski definition) is 1. The van der Waals surface area contributed by atoms with Crippen LogP contribution in [0.15, 0.2) is 0 Å². The highest BCUT2D eigenvalue weighted by atomic mass is 16.6. The number of aliphatic hydroxyl groups excluding tert-OH is 1. The van der Waals surface area contributed by atoms with Crippen molar-refractivity contribution in [3.05, 3.63) is 0 Å². The Hall–Kier alpha value is -0.650. The summed E-state index contributed by atoms with van der Waals surface area (Å²) in [4.78, 5) is 10.5. The van der Waals surface area contributed by atoms with Gasteiger partial charge in [0.25, 0.3) is 0 Å². The van der Waals surface area contributed by atoms with E-state index in [1.807, 2.05) is 0 Å². The molecule has 5 nitrogen and oxygen atoms in total. The highest BCUT2D eigenvalue weighted by Crippen LogP contribution is 2.17. The molecule has 0 radical (unpaired) electrons. The maximum absolute atomic E-state index is 10.5. The minimum Gasteiger partial charge on any atom is -0.463 e. The highest BCUT2D eigenvalue weighted by Gasteiger charge is 2.30. The minimum atomic E-state index is -0.589. The Labute approximate surface area is 82.9 Å². The molecule has 0 aromatic carbocycles. The van der Waals surface area contributed by atoms with Gasteiger partial charge in [0.1, 0.15) is 12.7 Å². The summed E-state index contributed by atoms with van der Waals surface area (Å²) in [5.74, 6) is -0.325. The van der Waals surface area contributed by atoms with Crippen LogP contribution >= 0.6 is 0 Å². The lowest BCUT2D eigenvalue weighted by Gasteiger charge is -2.32. The van der Waals surface area contributed by atoms with Gasteiger partial charge in [-0.25, -0.2) is 0 Å². The normalized spacial score (nSPS) is 32.6. The summed E-state index contributed by atoms with van der Waals surface area (Å²) in [7, 11) is 1.54. The van der Waals surface area contributed by atoms with Gasteiger partial charge in [-0.05, 0) is 0 Å². The van der Waals surface area contributed by atoms with Gasteiger partial charge in [0, 0.05) is 20.5 Å². The number of methoxy groups -OCH3 is 1. The molecule has 1 aliphatic rings. The van der Waals surface area contributed by atoms with Gasteiger partial charge in [-0.1, -0.05) is 0 Å². The fraction of sp³-hybridized carbons (Fsp3) is 0.889. The Bertz CT molecular complexity index is 194. The van der Waals surface area contributed by atoms with Gasteiger partial charge < -0.3 is 19.3 Å². The molecular formula is C9H16O5. The average molecular weight is 204 g/mol. The molecule has 1 fully saturated rings. The molecule has 5 heteroatoms. The Morgan fingerprint density at radius 3 is 2.93 bits per heavy atom. The van der Waals surface area contributed by atoms with E-state index in [9.17, 15) is 9.90 Å². The van der Waals surface area contributed by atoms with Crippen LogP contribution < -0.4 is 0 Å². The second-order valence-corrected chi connectivity index (χ2v) is 3.34. The van der Waals surface area contributed by atoms with E-state index in [4.69, 9.17) is 14.2 Å². The van der Waals surface area contributed by atoms with Crippen molar-refractivity contribution < 1.29 is 24.1 Å². The third-order valence-corrected chi connectivity index (χ3v) is 2.20. The van der Waals surface area contributed by atoms with Gasteiger partial charge in [-0.15, -0.1) is 0 Å². The van der Waals surface area contributed by atoms with E-state index in [1.54, 1.807) is 7.11 Å². The van der Waals surface area contributed by atoms with Crippen molar-refractivity contribution in [1.29, 1.82) is 0 Å². The van der Waals surface area contributed by atoms with Crippen LogP contribution in [0.3, 0.4) is 0 Å². The molecule has 0 bridgehead atoms. The smallest absolute Gasteiger partial charge is 0.302 e. The van der Waals surface area contributed by atoms with Gasteiger partial charge in [0.15, 0.2) is 0 Å². The SMILES string of the molecule is CO[C@@H]1CC(COC(C)=O)OCC1O. The summed E-state index contributed by atoms with van der Waals surface area (Å²) in [5, 5.41) is 9.41. The van der Waals surface area contributed by atoms with Gasteiger partial charge in [0.05, 0.1) is 18.8 Å². The first-order valence-corrected chi connectivity index (χ1v) is 4.59. The summed E-state index contributed by atoms with van der Waals surface area (Å²) in [6.07, 6.45) is -0.449. The van der Waals surface area contributed by atoms with Crippen molar-refractivity contribution in [2.24, 2.45) is 0 Å². The molecule has 0 amide bonds. The van der Waals surface area contributed by atoms with Crippen molar-refractivity contribution in [3.63, 3.8) is 0 Å². The fourth-order valence-corrected chi connectivity index (χ4v) is 1.41. The molecule has 0 spiro atoms. The molecule has 1 N–H and O–H groups in total. The summed E-state index contributed by atoms with van der Waals surface area (Å²) in [5.41, 5.74) is 0. The van der Waals surface area contributed by atoms with E-state index in [-0.39, 0.29) is 31.4 Å². The number of esters is 1. The van der Waals surface area contributed by atoms with Crippen LogP contribution in [0.5, 0.6) is 0 Å². The van der Waals surface area contributed by atoms with E-state index in [1.165, 1.54) is 6.92 Å². The minimum absolute atomic E-state index is 0.174. The first kappa shape index (κ1) is 11.4. The molecule has 14 heavy (non-hydrogen) atoms. The predicted molar refractivity (Wildman–Crippen MR) is 47.8 cm³/mol. The molecule has 1 heterocycles. The zero-order valence-corrected chi connectivity index (χ0v) is 8.43. The molecular weight excluding hydrogens is 188 g/mol. The number of hydrogen-bond acceptors (Lipinski definition) is 5. The Balaban J connectivity index is 2.31. The topological polar surface area (TPSA) is 65.0 Å². The van der Waals surface area contributed by atoms with Gasteiger partial charge in [0.2, 0.25) is 0 Å². The van der Waals surface area contributed by atoms with Gasteiger partial charge >= 0.3 is 5.97 Å². The average Bonchev–Trinajstić information content (AvgIpc) is 2.16. The molecule has 0 aromatic rings. The number of carbonyl (C=O) groups excluding carboxylic acids is 1. The predicted octanol–water partition coefficient (Wildman–Crippen LogP) is -0.286. The summed E-state index contributed by atoms with van der Waals surface area (Å²) in [6, 6.07) is 0. The number of aliphatic hydroxyl groups is 1. The van der Waals surface area contributed by atoms with Crippen LogP contribution in [-0.4, -0.2) is 49.7 Å². The lowest BCUT2D eigenvalue weighted by atomic mass is 10.0. The maximum atomic E-state index is 10.5. The van der Waals surface area contributed by atoms with E-state index >= 15 is 0 Å².